The lowest BCUT2D eigenvalue weighted by molar-refractivity contribution is -0.122. The number of piperidine rings is 1. The van der Waals surface area contributed by atoms with Crippen LogP contribution in [0.3, 0.4) is 0 Å². The van der Waals surface area contributed by atoms with Gasteiger partial charge in [0.05, 0.1) is 6.10 Å². The van der Waals surface area contributed by atoms with Gasteiger partial charge in [0, 0.05) is 25.6 Å². The van der Waals surface area contributed by atoms with Gasteiger partial charge in [-0.25, -0.2) is 0 Å². The lowest BCUT2D eigenvalue weighted by Gasteiger charge is -2.23. The quantitative estimate of drug-likeness (QED) is 0.746. The summed E-state index contributed by atoms with van der Waals surface area (Å²) in [6.07, 6.45) is 6.71. The van der Waals surface area contributed by atoms with Crippen molar-refractivity contribution in [3.63, 3.8) is 0 Å². The summed E-state index contributed by atoms with van der Waals surface area (Å²) in [6, 6.07) is 0.387. The Labute approximate surface area is 97.1 Å². The molecule has 0 spiro atoms. The van der Waals surface area contributed by atoms with E-state index in [-0.39, 0.29) is 12.0 Å². The standard InChI is InChI=1S/C12H22N2O2/c15-12(8-10-4-1-2-6-13-10)14-9-11-5-3-7-16-11/h10-11,13H,1-9H2,(H,14,15). The van der Waals surface area contributed by atoms with Crippen molar-refractivity contribution in [1.82, 2.24) is 10.6 Å². The van der Waals surface area contributed by atoms with E-state index in [0.717, 1.165) is 32.4 Å². The summed E-state index contributed by atoms with van der Waals surface area (Å²) in [4.78, 5) is 11.7. The largest absolute Gasteiger partial charge is 0.376 e. The highest BCUT2D eigenvalue weighted by Gasteiger charge is 2.19. The molecule has 2 aliphatic heterocycles. The highest BCUT2D eigenvalue weighted by atomic mass is 16.5. The molecule has 2 rings (SSSR count). The molecule has 2 N–H and O–H groups in total. The van der Waals surface area contributed by atoms with Gasteiger partial charge in [-0.1, -0.05) is 6.42 Å². The van der Waals surface area contributed by atoms with Gasteiger partial charge in [-0.05, 0) is 32.2 Å². The Morgan fingerprint density at radius 3 is 2.94 bits per heavy atom. The molecule has 0 radical (unpaired) electrons. The van der Waals surface area contributed by atoms with Gasteiger partial charge in [-0.3, -0.25) is 4.79 Å². The van der Waals surface area contributed by atoms with Gasteiger partial charge in [0.15, 0.2) is 0 Å². The van der Waals surface area contributed by atoms with Crippen LogP contribution in [0.15, 0.2) is 0 Å². The molecule has 2 atom stereocenters. The number of ether oxygens (including phenoxy) is 1. The molecule has 16 heavy (non-hydrogen) atoms. The molecule has 0 aromatic rings. The Hall–Kier alpha value is -0.610. The third-order valence-corrected chi connectivity index (χ3v) is 3.40. The predicted octanol–water partition coefficient (Wildman–Crippen LogP) is 0.814. The zero-order chi connectivity index (χ0) is 11.2. The maximum absolute atomic E-state index is 11.7. The van der Waals surface area contributed by atoms with Gasteiger partial charge in [0.1, 0.15) is 0 Å². The Kier molecular flexibility index (Phi) is 4.60. The predicted molar refractivity (Wildman–Crippen MR) is 62.2 cm³/mol. The lowest BCUT2D eigenvalue weighted by atomic mass is 10.0. The number of carbonyl (C=O) groups excluding carboxylic acids is 1. The zero-order valence-corrected chi connectivity index (χ0v) is 9.84. The summed E-state index contributed by atoms with van der Waals surface area (Å²) < 4.78 is 5.46. The van der Waals surface area contributed by atoms with E-state index >= 15 is 0 Å². The first kappa shape index (κ1) is 11.9. The molecule has 0 saturated carbocycles. The smallest absolute Gasteiger partial charge is 0.221 e. The summed E-state index contributed by atoms with van der Waals surface area (Å²) in [7, 11) is 0. The summed E-state index contributed by atoms with van der Waals surface area (Å²) in [5, 5.41) is 6.35. The Morgan fingerprint density at radius 2 is 2.25 bits per heavy atom. The molecule has 0 aromatic carbocycles. The monoisotopic (exact) mass is 226 g/mol. The summed E-state index contributed by atoms with van der Waals surface area (Å²) >= 11 is 0. The maximum atomic E-state index is 11.7. The minimum Gasteiger partial charge on any atom is -0.376 e. The van der Waals surface area contributed by atoms with Crippen LogP contribution in [-0.4, -0.2) is 37.7 Å². The fourth-order valence-electron chi connectivity index (χ4n) is 2.43. The van der Waals surface area contributed by atoms with Crippen molar-refractivity contribution in [3.05, 3.63) is 0 Å². The minimum atomic E-state index is 0.162. The number of hydrogen-bond donors (Lipinski definition) is 2. The van der Waals surface area contributed by atoms with E-state index in [1.807, 2.05) is 0 Å². The van der Waals surface area contributed by atoms with Gasteiger partial charge in [-0.2, -0.15) is 0 Å². The van der Waals surface area contributed by atoms with Crippen molar-refractivity contribution in [2.45, 2.75) is 50.7 Å². The molecule has 0 aliphatic carbocycles. The molecule has 2 unspecified atom stereocenters. The van der Waals surface area contributed by atoms with Crippen molar-refractivity contribution < 1.29 is 9.53 Å². The first-order chi connectivity index (χ1) is 7.84. The van der Waals surface area contributed by atoms with E-state index in [4.69, 9.17) is 4.74 Å². The molecular formula is C12H22N2O2. The van der Waals surface area contributed by atoms with Crippen LogP contribution in [0.5, 0.6) is 0 Å². The molecule has 2 saturated heterocycles. The van der Waals surface area contributed by atoms with Crippen LogP contribution in [0, 0.1) is 0 Å². The minimum absolute atomic E-state index is 0.162. The Balaban J connectivity index is 1.59. The van der Waals surface area contributed by atoms with Crippen molar-refractivity contribution >= 4 is 5.91 Å². The number of hydrogen-bond acceptors (Lipinski definition) is 3. The molecule has 4 nitrogen and oxygen atoms in total. The first-order valence-electron chi connectivity index (χ1n) is 6.46. The van der Waals surface area contributed by atoms with Crippen molar-refractivity contribution in [2.24, 2.45) is 0 Å². The van der Waals surface area contributed by atoms with Crippen molar-refractivity contribution in [1.29, 1.82) is 0 Å². The SMILES string of the molecule is O=C(CC1CCCCN1)NCC1CCCO1. The molecule has 92 valence electrons. The van der Waals surface area contributed by atoms with Crippen LogP contribution in [0.1, 0.15) is 38.5 Å². The van der Waals surface area contributed by atoms with Crippen molar-refractivity contribution in [2.75, 3.05) is 19.7 Å². The van der Waals surface area contributed by atoms with E-state index in [0.29, 0.717) is 19.0 Å². The Bertz CT molecular complexity index is 221. The number of amides is 1. The first-order valence-corrected chi connectivity index (χ1v) is 6.46. The van der Waals surface area contributed by atoms with Gasteiger partial charge >= 0.3 is 0 Å². The second-order valence-corrected chi connectivity index (χ2v) is 4.79. The van der Waals surface area contributed by atoms with Crippen LogP contribution >= 0.6 is 0 Å². The van der Waals surface area contributed by atoms with Crippen LogP contribution in [0.2, 0.25) is 0 Å². The van der Waals surface area contributed by atoms with Gasteiger partial charge in [-0.15, -0.1) is 0 Å². The van der Waals surface area contributed by atoms with E-state index in [2.05, 4.69) is 10.6 Å². The van der Waals surface area contributed by atoms with E-state index in [1.165, 1.54) is 12.8 Å². The number of carbonyl (C=O) groups is 1. The van der Waals surface area contributed by atoms with Crippen LogP contribution in [0.25, 0.3) is 0 Å². The molecule has 2 fully saturated rings. The van der Waals surface area contributed by atoms with Gasteiger partial charge < -0.3 is 15.4 Å². The van der Waals surface area contributed by atoms with Crippen LogP contribution in [0.4, 0.5) is 0 Å². The molecule has 2 aliphatic rings. The fourth-order valence-corrected chi connectivity index (χ4v) is 2.43. The average molecular weight is 226 g/mol. The number of rotatable bonds is 4. The highest BCUT2D eigenvalue weighted by molar-refractivity contribution is 5.76. The average Bonchev–Trinajstić information content (AvgIpc) is 2.81. The van der Waals surface area contributed by atoms with Gasteiger partial charge in [0.25, 0.3) is 0 Å². The van der Waals surface area contributed by atoms with Crippen molar-refractivity contribution in [3.8, 4) is 0 Å². The van der Waals surface area contributed by atoms with Crippen LogP contribution < -0.4 is 10.6 Å². The summed E-state index contributed by atoms with van der Waals surface area (Å²) in [5.41, 5.74) is 0. The third-order valence-electron chi connectivity index (χ3n) is 3.40. The third kappa shape index (κ3) is 3.76. The molecule has 0 bridgehead atoms. The maximum Gasteiger partial charge on any atom is 0.221 e. The Morgan fingerprint density at radius 1 is 1.31 bits per heavy atom. The topological polar surface area (TPSA) is 50.4 Å². The molecular weight excluding hydrogens is 204 g/mol. The number of nitrogens with one attached hydrogen (secondary N) is 2. The molecule has 2 heterocycles. The zero-order valence-electron chi connectivity index (χ0n) is 9.84. The highest BCUT2D eigenvalue weighted by Crippen LogP contribution is 2.12. The summed E-state index contributed by atoms with van der Waals surface area (Å²) in [5.74, 6) is 0.162. The molecule has 4 heteroatoms. The fraction of sp³-hybridized carbons (Fsp3) is 0.917. The van der Waals surface area contributed by atoms with E-state index in [1.54, 1.807) is 0 Å². The lowest BCUT2D eigenvalue weighted by Crippen LogP contribution is -2.40. The normalized spacial score (nSPS) is 30.2. The summed E-state index contributed by atoms with van der Waals surface area (Å²) in [6.45, 7) is 2.60. The second kappa shape index (κ2) is 6.21. The van der Waals surface area contributed by atoms with E-state index < -0.39 is 0 Å². The second-order valence-electron chi connectivity index (χ2n) is 4.79. The van der Waals surface area contributed by atoms with Gasteiger partial charge in [0.2, 0.25) is 5.91 Å². The molecule has 1 amide bonds. The van der Waals surface area contributed by atoms with Crippen LogP contribution in [-0.2, 0) is 9.53 Å². The molecule has 0 aromatic heterocycles. The van der Waals surface area contributed by atoms with E-state index in [9.17, 15) is 4.79 Å².